The van der Waals surface area contributed by atoms with Gasteiger partial charge >= 0.3 is 0 Å². The second-order valence-corrected chi connectivity index (χ2v) is 6.01. The smallest absolute Gasteiger partial charge is 0.245 e. The Bertz CT molecular complexity index is 657. The van der Waals surface area contributed by atoms with Gasteiger partial charge in [-0.1, -0.05) is 24.3 Å². The Kier molecular flexibility index (Phi) is 5.72. The Morgan fingerprint density at radius 1 is 1.17 bits per heavy atom. The van der Waals surface area contributed by atoms with Crippen LogP contribution in [0, 0.1) is 6.92 Å². The first-order chi connectivity index (χ1) is 11.8. The van der Waals surface area contributed by atoms with Gasteiger partial charge in [-0.25, -0.2) is 4.98 Å². The maximum absolute atomic E-state index is 5.81. The maximum atomic E-state index is 5.81. The van der Waals surface area contributed by atoms with Crippen LogP contribution < -0.4 is 4.90 Å². The van der Waals surface area contributed by atoms with Crippen molar-refractivity contribution in [2.45, 2.75) is 25.9 Å². The molecule has 0 N–H and O–H groups in total. The summed E-state index contributed by atoms with van der Waals surface area (Å²) in [5.74, 6) is 0.700. The Morgan fingerprint density at radius 3 is 2.71 bits per heavy atom. The van der Waals surface area contributed by atoms with E-state index in [0.717, 1.165) is 37.2 Å². The molecular weight excluding hydrogens is 304 g/mol. The molecule has 24 heavy (non-hydrogen) atoms. The number of anilines is 1. The van der Waals surface area contributed by atoms with Crippen LogP contribution in [0.25, 0.3) is 11.3 Å². The fourth-order valence-electron chi connectivity index (χ4n) is 2.94. The molecule has 1 aliphatic rings. The van der Waals surface area contributed by atoms with E-state index in [-0.39, 0.29) is 0 Å². The van der Waals surface area contributed by atoms with Crippen molar-refractivity contribution in [1.82, 2.24) is 15.2 Å². The summed E-state index contributed by atoms with van der Waals surface area (Å²) in [6.07, 6.45) is 3.97. The third-order valence-electron chi connectivity index (χ3n) is 4.33. The van der Waals surface area contributed by atoms with Crippen molar-refractivity contribution in [3.05, 3.63) is 36.0 Å². The first-order valence-corrected chi connectivity index (χ1v) is 8.39. The molecule has 0 aliphatic carbocycles. The summed E-state index contributed by atoms with van der Waals surface area (Å²) >= 11 is 0. The predicted octanol–water partition coefficient (Wildman–Crippen LogP) is 2.48. The lowest BCUT2D eigenvalue weighted by molar-refractivity contribution is 0.00597. The minimum Gasteiger partial charge on any atom is -0.382 e. The van der Waals surface area contributed by atoms with E-state index in [1.165, 1.54) is 5.56 Å². The van der Waals surface area contributed by atoms with E-state index in [2.05, 4.69) is 34.2 Å². The van der Waals surface area contributed by atoms with Gasteiger partial charge in [-0.05, 0) is 25.3 Å². The molecule has 0 amide bonds. The Hall–Kier alpha value is -2.05. The number of aromatic nitrogens is 3. The zero-order valence-corrected chi connectivity index (χ0v) is 14.3. The van der Waals surface area contributed by atoms with E-state index in [4.69, 9.17) is 14.5 Å². The van der Waals surface area contributed by atoms with Crippen LogP contribution in [0.3, 0.4) is 0 Å². The van der Waals surface area contributed by atoms with Crippen molar-refractivity contribution in [3.63, 3.8) is 0 Å². The van der Waals surface area contributed by atoms with Gasteiger partial charge in [0.05, 0.1) is 31.2 Å². The van der Waals surface area contributed by atoms with Gasteiger partial charge in [-0.3, -0.25) is 0 Å². The number of hydrogen-bond donors (Lipinski definition) is 0. The molecule has 6 heteroatoms. The van der Waals surface area contributed by atoms with Crippen LogP contribution >= 0.6 is 0 Å². The summed E-state index contributed by atoms with van der Waals surface area (Å²) in [5, 5.41) is 8.38. The molecule has 128 valence electrons. The minimum atomic E-state index is 0.295. The van der Waals surface area contributed by atoms with E-state index in [9.17, 15) is 0 Å². The van der Waals surface area contributed by atoms with Gasteiger partial charge in [0, 0.05) is 25.8 Å². The number of ether oxygens (including phenoxy) is 2. The molecule has 0 radical (unpaired) electrons. The van der Waals surface area contributed by atoms with Gasteiger partial charge in [-0.15, -0.1) is 5.10 Å². The number of rotatable bonds is 6. The summed E-state index contributed by atoms with van der Waals surface area (Å²) in [5.41, 5.74) is 3.16. The summed E-state index contributed by atoms with van der Waals surface area (Å²) in [7, 11) is 1.69. The van der Waals surface area contributed by atoms with Crippen LogP contribution in [-0.2, 0) is 9.47 Å². The second kappa shape index (κ2) is 8.17. The van der Waals surface area contributed by atoms with Crippen LogP contribution in [-0.4, -0.2) is 54.7 Å². The highest BCUT2D eigenvalue weighted by molar-refractivity contribution is 5.63. The van der Waals surface area contributed by atoms with E-state index in [1.807, 2.05) is 12.1 Å². The third-order valence-corrected chi connectivity index (χ3v) is 4.33. The van der Waals surface area contributed by atoms with Gasteiger partial charge in [0.25, 0.3) is 0 Å². The molecular formula is C18H24N4O2. The lowest BCUT2D eigenvalue weighted by atomic mass is 10.1. The van der Waals surface area contributed by atoms with Crippen molar-refractivity contribution in [2.75, 3.05) is 38.3 Å². The molecule has 1 aromatic heterocycles. The normalized spacial score (nSPS) is 15.7. The van der Waals surface area contributed by atoms with Crippen molar-refractivity contribution in [3.8, 4) is 11.3 Å². The van der Waals surface area contributed by atoms with Crippen LogP contribution in [0.5, 0.6) is 0 Å². The third kappa shape index (κ3) is 4.07. The van der Waals surface area contributed by atoms with E-state index in [1.54, 1.807) is 13.3 Å². The van der Waals surface area contributed by atoms with Crippen molar-refractivity contribution in [2.24, 2.45) is 0 Å². The second-order valence-electron chi connectivity index (χ2n) is 6.01. The zero-order chi connectivity index (χ0) is 16.8. The number of hydrogen-bond acceptors (Lipinski definition) is 6. The largest absolute Gasteiger partial charge is 0.382 e. The van der Waals surface area contributed by atoms with Gasteiger partial charge in [0.1, 0.15) is 0 Å². The van der Waals surface area contributed by atoms with E-state index in [0.29, 0.717) is 25.3 Å². The van der Waals surface area contributed by atoms with Gasteiger partial charge in [0.15, 0.2) is 0 Å². The standard InChI is InChI=1S/C18H24N4O2/c1-14-5-3-4-6-16(14)17-13-19-21-18(20-17)22-9-7-15(8-10-22)24-12-11-23-2/h3-6,13,15H,7-12H2,1-2H3. The van der Waals surface area contributed by atoms with Crippen molar-refractivity contribution in [1.29, 1.82) is 0 Å². The molecule has 0 bridgehead atoms. The summed E-state index contributed by atoms with van der Waals surface area (Å²) < 4.78 is 10.8. The minimum absolute atomic E-state index is 0.295. The van der Waals surface area contributed by atoms with Crippen LogP contribution in [0.1, 0.15) is 18.4 Å². The van der Waals surface area contributed by atoms with Gasteiger partial charge in [-0.2, -0.15) is 5.10 Å². The number of nitrogens with zero attached hydrogens (tertiary/aromatic N) is 4. The lowest BCUT2D eigenvalue weighted by Crippen LogP contribution is -2.38. The highest BCUT2D eigenvalue weighted by atomic mass is 16.5. The first kappa shape index (κ1) is 16.8. The van der Waals surface area contributed by atoms with Crippen molar-refractivity contribution < 1.29 is 9.47 Å². The molecule has 1 fully saturated rings. The van der Waals surface area contributed by atoms with Gasteiger partial charge < -0.3 is 14.4 Å². The molecule has 2 heterocycles. The number of benzene rings is 1. The van der Waals surface area contributed by atoms with Gasteiger partial charge in [0.2, 0.25) is 5.95 Å². The summed E-state index contributed by atoms with van der Waals surface area (Å²) in [6, 6.07) is 8.20. The van der Waals surface area contributed by atoms with Crippen molar-refractivity contribution >= 4 is 5.95 Å². The molecule has 0 spiro atoms. The molecule has 0 atom stereocenters. The topological polar surface area (TPSA) is 60.4 Å². The lowest BCUT2D eigenvalue weighted by Gasteiger charge is -2.31. The molecule has 1 aliphatic heterocycles. The first-order valence-electron chi connectivity index (χ1n) is 8.39. The highest BCUT2D eigenvalue weighted by Gasteiger charge is 2.22. The molecule has 1 aromatic carbocycles. The molecule has 0 unspecified atom stereocenters. The van der Waals surface area contributed by atoms with Crippen LogP contribution in [0.2, 0.25) is 0 Å². The summed E-state index contributed by atoms with van der Waals surface area (Å²) in [4.78, 5) is 6.90. The molecule has 0 saturated carbocycles. The van der Waals surface area contributed by atoms with Crippen LogP contribution in [0.4, 0.5) is 5.95 Å². The number of piperidine rings is 1. The molecule has 1 saturated heterocycles. The monoisotopic (exact) mass is 328 g/mol. The summed E-state index contributed by atoms with van der Waals surface area (Å²) in [6.45, 7) is 5.15. The number of methoxy groups -OCH3 is 1. The fourth-order valence-corrected chi connectivity index (χ4v) is 2.94. The Labute approximate surface area is 142 Å². The maximum Gasteiger partial charge on any atom is 0.245 e. The quantitative estimate of drug-likeness (QED) is 0.759. The predicted molar refractivity (Wildman–Crippen MR) is 93.1 cm³/mol. The SMILES string of the molecule is COCCOC1CCN(c2nncc(-c3ccccc3C)n2)CC1. The average molecular weight is 328 g/mol. The van der Waals surface area contributed by atoms with E-state index >= 15 is 0 Å². The Balaban J connectivity index is 1.64. The molecule has 6 nitrogen and oxygen atoms in total. The Morgan fingerprint density at radius 2 is 1.96 bits per heavy atom. The average Bonchev–Trinajstić information content (AvgIpc) is 2.63. The molecule has 2 aromatic rings. The fraction of sp³-hybridized carbons (Fsp3) is 0.500. The number of aryl methyl sites for hydroxylation is 1. The zero-order valence-electron chi connectivity index (χ0n) is 14.3. The van der Waals surface area contributed by atoms with Crippen LogP contribution in [0.15, 0.2) is 30.5 Å². The highest BCUT2D eigenvalue weighted by Crippen LogP contribution is 2.23. The molecule has 3 rings (SSSR count). The van der Waals surface area contributed by atoms with E-state index < -0.39 is 0 Å².